The molecule has 106 valence electrons. The molecule has 0 amide bonds. The summed E-state index contributed by atoms with van der Waals surface area (Å²) in [6.45, 7) is 2.99. The fourth-order valence-electron chi connectivity index (χ4n) is 2.19. The second-order valence-corrected chi connectivity index (χ2v) is 5.26. The molecule has 3 nitrogen and oxygen atoms in total. The molecule has 20 heavy (non-hydrogen) atoms. The molecule has 0 saturated carbocycles. The van der Waals surface area contributed by atoms with Crippen LogP contribution in [0.25, 0.3) is 0 Å². The Labute approximate surface area is 121 Å². The fourth-order valence-corrected chi connectivity index (χ4v) is 2.19. The molecule has 2 aromatic rings. The van der Waals surface area contributed by atoms with Crippen LogP contribution in [-0.4, -0.2) is 18.1 Å². The summed E-state index contributed by atoms with van der Waals surface area (Å²) in [5.41, 5.74) is 9.72. The van der Waals surface area contributed by atoms with Crippen LogP contribution in [0.4, 0.5) is 5.69 Å². The molecule has 0 aliphatic rings. The Kier molecular flexibility index (Phi) is 5.13. The van der Waals surface area contributed by atoms with Gasteiger partial charge in [-0.25, -0.2) is 0 Å². The first-order valence-corrected chi connectivity index (χ1v) is 7.13. The second-order valence-electron chi connectivity index (χ2n) is 5.26. The number of hydrogen-bond donors (Lipinski definition) is 1. The minimum absolute atomic E-state index is 0.258. The van der Waals surface area contributed by atoms with Crippen LogP contribution in [0.3, 0.4) is 0 Å². The third-order valence-electron chi connectivity index (χ3n) is 3.54. The number of aromatic nitrogens is 1. The highest BCUT2D eigenvalue weighted by Gasteiger charge is 2.04. The molecule has 0 fully saturated rings. The zero-order chi connectivity index (χ0) is 14.4. The lowest BCUT2D eigenvalue weighted by molar-refractivity contribution is 0.646. The summed E-state index contributed by atoms with van der Waals surface area (Å²) in [6, 6.07) is 13.0. The van der Waals surface area contributed by atoms with Gasteiger partial charge in [0.25, 0.3) is 0 Å². The van der Waals surface area contributed by atoms with E-state index in [2.05, 4.69) is 54.2 Å². The summed E-state index contributed by atoms with van der Waals surface area (Å²) in [5.74, 6) is 0. The highest BCUT2D eigenvalue weighted by Crippen LogP contribution is 2.17. The normalized spacial score (nSPS) is 12.2. The standard InChI is InChI=1S/C17H23N3/c1-3-16(18)11-14-6-8-17(9-7-14)20(2)13-15-5-4-10-19-12-15/h4-10,12,16H,3,11,13,18H2,1-2H3. The number of benzene rings is 1. The van der Waals surface area contributed by atoms with Crippen molar-refractivity contribution in [3.63, 3.8) is 0 Å². The van der Waals surface area contributed by atoms with E-state index in [0.717, 1.165) is 19.4 Å². The van der Waals surface area contributed by atoms with Crippen LogP contribution in [0, 0.1) is 0 Å². The maximum absolute atomic E-state index is 5.99. The Hall–Kier alpha value is -1.87. The Balaban J connectivity index is 1.98. The van der Waals surface area contributed by atoms with Crippen LogP contribution in [0.5, 0.6) is 0 Å². The van der Waals surface area contributed by atoms with Gasteiger partial charge in [0.1, 0.15) is 0 Å². The van der Waals surface area contributed by atoms with Crippen molar-refractivity contribution in [2.75, 3.05) is 11.9 Å². The van der Waals surface area contributed by atoms with E-state index in [4.69, 9.17) is 5.73 Å². The van der Waals surface area contributed by atoms with Gasteiger partial charge in [0, 0.05) is 37.7 Å². The number of rotatable bonds is 6. The van der Waals surface area contributed by atoms with Gasteiger partial charge in [-0.1, -0.05) is 25.1 Å². The van der Waals surface area contributed by atoms with Crippen LogP contribution >= 0.6 is 0 Å². The van der Waals surface area contributed by atoms with Gasteiger partial charge >= 0.3 is 0 Å². The van der Waals surface area contributed by atoms with E-state index in [0.29, 0.717) is 0 Å². The summed E-state index contributed by atoms with van der Waals surface area (Å²) in [4.78, 5) is 6.37. The number of anilines is 1. The summed E-state index contributed by atoms with van der Waals surface area (Å²) in [5, 5.41) is 0. The molecular weight excluding hydrogens is 246 g/mol. The van der Waals surface area contributed by atoms with Crippen LogP contribution in [0.2, 0.25) is 0 Å². The quantitative estimate of drug-likeness (QED) is 0.876. The Bertz CT molecular complexity index is 508. The highest BCUT2D eigenvalue weighted by atomic mass is 15.1. The molecule has 2 rings (SSSR count). The van der Waals surface area contributed by atoms with Crippen molar-refractivity contribution in [2.24, 2.45) is 5.73 Å². The highest BCUT2D eigenvalue weighted by molar-refractivity contribution is 5.47. The van der Waals surface area contributed by atoms with Crippen molar-refractivity contribution >= 4 is 5.69 Å². The first-order chi connectivity index (χ1) is 9.69. The van der Waals surface area contributed by atoms with E-state index < -0.39 is 0 Å². The monoisotopic (exact) mass is 269 g/mol. The molecule has 0 radical (unpaired) electrons. The molecule has 0 aliphatic carbocycles. The van der Waals surface area contributed by atoms with Gasteiger partial charge in [0.15, 0.2) is 0 Å². The maximum Gasteiger partial charge on any atom is 0.0441 e. The largest absolute Gasteiger partial charge is 0.370 e. The topological polar surface area (TPSA) is 42.1 Å². The first kappa shape index (κ1) is 14.5. The van der Waals surface area contributed by atoms with Crippen LogP contribution in [-0.2, 0) is 13.0 Å². The summed E-state index contributed by atoms with van der Waals surface area (Å²) < 4.78 is 0. The Morgan fingerprint density at radius 3 is 2.50 bits per heavy atom. The lowest BCUT2D eigenvalue weighted by Crippen LogP contribution is -2.21. The van der Waals surface area contributed by atoms with Gasteiger partial charge in [0.2, 0.25) is 0 Å². The molecule has 0 saturated heterocycles. The smallest absolute Gasteiger partial charge is 0.0441 e. The van der Waals surface area contributed by atoms with E-state index in [1.807, 2.05) is 12.3 Å². The Morgan fingerprint density at radius 2 is 1.90 bits per heavy atom. The number of pyridine rings is 1. The van der Waals surface area contributed by atoms with Crippen molar-refractivity contribution in [2.45, 2.75) is 32.4 Å². The fraction of sp³-hybridized carbons (Fsp3) is 0.353. The number of hydrogen-bond acceptors (Lipinski definition) is 3. The van der Waals surface area contributed by atoms with Gasteiger partial charge in [-0.2, -0.15) is 0 Å². The summed E-state index contributed by atoms with van der Waals surface area (Å²) >= 11 is 0. The minimum atomic E-state index is 0.258. The molecule has 2 N–H and O–H groups in total. The van der Waals surface area contributed by atoms with Gasteiger partial charge in [-0.3, -0.25) is 4.98 Å². The molecule has 1 heterocycles. The molecular formula is C17H23N3. The van der Waals surface area contributed by atoms with Gasteiger partial charge in [0.05, 0.1) is 0 Å². The molecule has 1 aromatic heterocycles. The van der Waals surface area contributed by atoms with Crippen LogP contribution in [0.15, 0.2) is 48.8 Å². The average Bonchev–Trinajstić information content (AvgIpc) is 2.49. The lowest BCUT2D eigenvalue weighted by Gasteiger charge is -2.20. The van der Waals surface area contributed by atoms with E-state index in [1.165, 1.54) is 16.8 Å². The van der Waals surface area contributed by atoms with E-state index in [1.54, 1.807) is 6.20 Å². The lowest BCUT2D eigenvalue weighted by atomic mass is 10.0. The zero-order valence-electron chi connectivity index (χ0n) is 12.3. The SMILES string of the molecule is CCC(N)Cc1ccc(N(C)Cc2cccnc2)cc1. The third kappa shape index (κ3) is 4.07. The predicted molar refractivity (Wildman–Crippen MR) is 84.8 cm³/mol. The van der Waals surface area contributed by atoms with Gasteiger partial charge in [-0.15, -0.1) is 0 Å². The molecule has 0 bridgehead atoms. The summed E-state index contributed by atoms with van der Waals surface area (Å²) in [7, 11) is 2.10. The van der Waals surface area contributed by atoms with Crippen molar-refractivity contribution in [3.8, 4) is 0 Å². The molecule has 1 aromatic carbocycles. The van der Waals surface area contributed by atoms with E-state index >= 15 is 0 Å². The van der Waals surface area contributed by atoms with Crippen LogP contribution < -0.4 is 10.6 Å². The molecule has 1 unspecified atom stereocenters. The molecule has 0 spiro atoms. The van der Waals surface area contributed by atoms with Gasteiger partial charge < -0.3 is 10.6 Å². The Morgan fingerprint density at radius 1 is 1.15 bits per heavy atom. The van der Waals surface area contributed by atoms with Crippen molar-refractivity contribution < 1.29 is 0 Å². The van der Waals surface area contributed by atoms with Crippen LogP contribution in [0.1, 0.15) is 24.5 Å². The zero-order valence-corrected chi connectivity index (χ0v) is 12.3. The minimum Gasteiger partial charge on any atom is -0.370 e. The predicted octanol–water partition coefficient (Wildman–Crippen LogP) is 3.00. The van der Waals surface area contributed by atoms with Crippen molar-refractivity contribution in [1.82, 2.24) is 4.98 Å². The first-order valence-electron chi connectivity index (χ1n) is 7.13. The molecule has 0 aliphatic heterocycles. The van der Waals surface area contributed by atoms with Crippen molar-refractivity contribution in [3.05, 3.63) is 59.9 Å². The van der Waals surface area contributed by atoms with E-state index in [-0.39, 0.29) is 6.04 Å². The molecule has 1 atom stereocenters. The van der Waals surface area contributed by atoms with Gasteiger partial charge in [-0.05, 0) is 42.2 Å². The summed E-state index contributed by atoms with van der Waals surface area (Å²) in [6.07, 6.45) is 5.67. The van der Waals surface area contributed by atoms with Crippen molar-refractivity contribution in [1.29, 1.82) is 0 Å². The second kappa shape index (κ2) is 7.06. The number of nitrogens with zero attached hydrogens (tertiary/aromatic N) is 2. The van der Waals surface area contributed by atoms with E-state index in [9.17, 15) is 0 Å². The number of nitrogens with two attached hydrogens (primary N) is 1. The molecule has 3 heteroatoms. The average molecular weight is 269 g/mol. The third-order valence-corrected chi connectivity index (χ3v) is 3.54. The maximum atomic E-state index is 5.99.